The zero-order chi connectivity index (χ0) is 12.1. The van der Waals surface area contributed by atoms with Crippen LogP contribution in [-0.2, 0) is 0 Å². The highest BCUT2D eigenvalue weighted by molar-refractivity contribution is 7.13. The number of urea groups is 1. The summed E-state index contributed by atoms with van der Waals surface area (Å²) in [6.07, 6.45) is 1.69. The van der Waals surface area contributed by atoms with E-state index in [1.54, 1.807) is 11.7 Å². The van der Waals surface area contributed by atoms with Crippen molar-refractivity contribution in [2.24, 2.45) is 0 Å². The third kappa shape index (κ3) is 3.22. The van der Waals surface area contributed by atoms with Gasteiger partial charge in [-0.15, -0.1) is 10.2 Å². The summed E-state index contributed by atoms with van der Waals surface area (Å²) in [5.41, 5.74) is 2.36. The summed E-state index contributed by atoms with van der Waals surface area (Å²) >= 11 is 1.26. The van der Waals surface area contributed by atoms with Crippen LogP contribution in [0.4, 0.5) is 9.93 Å². The number of pyridine rings is 1. The molecule has 2 N–H and O–H groups in total. The number of amides is 2. The first kappa shape index (κ1) is 11.5. The predicted molar refractivity (Wildman–Crippen MR) is 64.7 cm³/mol. The Labute approximate surface area is 102 Å². The fourth-order valence-electron chi connectivity index (χ4n) is 1.26. The van der Waals surface area contributed by atoms with E-state index >= 15 is 0 Å². The molecule has 2 aromatic rings. The Morgan fingerprint density at radius 3 is 3.00 bits per heavy atom. The van der Waals surface area contributed by atoms with Gasteiger partial charge in [-0.3, -0.25) is 10.3 Å². The fourth-order valence-corrected chi connectivity index (χ4v) is 1.70. The van der Waals surface area contributed by atoms with Crippen LogP contribution in [0.15, 0.2) is 29.9 Å². The Morgan fingerprint density at radius 1 is 1.47 bits per heavy atom. The van der Waals surface area contributed by atoms with E-state index in [-0.39, 0.29) is 12.1 Å². The Kier molecular flexibility index (Phi) is 3.61. The predicted octanol–water partition coefficient (Wildman–Crippen LogP) is 1.82. The highest BCUT2D eigenvalue weighted by atomic mass is 32.1. The van der Waals surface area contributed by atoms with Gasteiger partial charge in [0.25, 0.3) is 0 Å². The third-order valence-corrected chi connectivity index (χ3v) is 2.67. The molecule has 2 aromatic heterocycles. The van der Waals surface area contributed by atoms with Gasteiger partial charge in [0.05, 0.1) is 11.7 Å². The van der Waals surface area contributed by atoms with Crippen molar-refractivity contribution in [2.75, 3.05) is 5.32 Å². The molecule has 0 saturated carbocycles. The molecule has 0 aliphatic heterocycles. The maximum atomic E-state index is 11.6. The molecule has 0 bridgehead atoms. The topological polar surface area (TPSA) is 79.8 Å². The minimum absolute atomic E-state index is 0.163. The maximum Gasteiger partial charge on any atom is 0.321 e. The van der Waals surface area contributed by atoms with Gasteiger partial charge in [0.2, 0.25) is 5.13 Å². The number of aromatic nitrogens is 3. The molecule has 7 heteroatoms. The molecule has 0 aliphatic rings. The molecule has 0 aliphatic carbocycles. The van der Waals surface area contributed by atoms with Crippen molar-refractivity contribution in [3.63, 3.8) is 0 Å². The van der Waals surface area contributed by atoms with Crippen LogP contribution < -0.4 is 10.6 Å². The average molecular weight is 249 g/mol. The van der Waals surface area contributed by atoms with E-state index in [9.17, 15) is 4.79 Å². The second-order valence-corrected chi connectivity index (χ2v) is 4.15. The average Bonchev–Trinajstić information content (AvgIpc) is 2.82. The fraction of sp³-hybridized carbons (Fsp3) is 0.200. The van der Waals surface area contributed by atoms with Gasteiger partial charge in [-0.2, -0.15) is 0 Å². The molecule has 6 nitrogen and oxygen atoms in total. The first-order chi connectivity index (χ1) is 8.25. The zero-order valence-electron chi connectivity index (χ0n) is 9.12. The van der Waals surface area contributed by atoms with Gasteiger partial charge in [-0.05, 0) is 19.1 Å². The summed E-state index contributed by atoms with van der Waals surface area (Å²) in [5, 5.41) is 13.2. The van der Waals surface area contributed by atoms with Gasteiger partial charge in [0.15, 0.2) is 0 Å². The van der Waals surface area contributed by atoms with Crippen LogP contribution in [-0.4, -0.2) is 21.2 Å². The molecule has 0 fully saturated rings. The number of nitrogens with one attached hydrogen (secondary N) is 2. The normalized spacial score (nSPS) is 11.8. The molecule has 0 radical (unpaired) electrons. The molecule has 0 spiro atoms. The van der Waals surface area contributed by atoms with Gasteiger partial charge in [0, 0.05) is 6.20 Å². The van der Waals surface area contributed by atoms with E-state index in [4.69, 9.17) is 0 Å². The number of carbonyl (C=O) groups is 1. The molecule has 1 atom stereocenters. The van der Waals surface area contributed by atoms with E-state index in [0.29, 0.717) is 5.13 Å². The van der Waals surface area contributed by atoms with Gasteiger partial charge in [-0.25, -0.2) is 4.79 Å². The highest BCUT2D eigenvalue weighted by Crippen LogP contribution is 2.10. The molecule has 2 rings (SSSR count). The molecule has 0 unspecified atom stereocenters. The van der Waals surface area contributed by atoms with E-state index in [2.05, 4.69) is 25.8 Å². The summed E-state index contributed by atoms with van der Waals surface area (Å²) < 4.78 is 0. The smallest absolute Gasteiger partial charge is 0.321 e. The van der Waals surface area contributed by atoms with Crippen molar-refractivity contribution < 1.29 is 4.79 Å². The van der Waals surface area contributed by atoms with Crippen molar-refractivity contribution in [3.05, 3.63) is 35.6 Å². The molecule has 0 aromatic carbocycles. The first-order valence-corrected chi connectivity index (χ1v) is 5.88. The van der Waals surface area contributed by atoms with E-state index in [1.807, 2.05) is 25.1 Å². The molecule has 2 heterocycles. The number of hydrogen-bond acceptors (Lipinski definition) is 5. The molecule has 17 heavy (non-hydrogen) atoms. The Morgan fingerprint density at radius 2 is 2.35 bits per heavy atom. The maximum absolute atomic E-state index is 11.6. The molecule has 0 saturated heterocycles. The minimum Gasteiger partial charge on any atom is -0.330 e. The minimum atomic E-state index is -0.320. The van der Waals surface area contributed by atoms with Crippen molar-refractivity contribution in [3.8, 4) is 0 Å². The van der Waals surface area contributed by atoms with Crippen molar-refractivity contribution in [2.45, 2.75) is 13.0 Å². The van der Waals surface area contributed by atoms with E-state index in [0.717, 1.165) is 5.69 Å². The first-order valence-electron chi connectivity index (χ1n) is 5.00. The summed E-state index contributed by atoms with van der Waals surface area (Å²) in [5.74, 6) is 0. The highest BCUT2D eigenvalue weighted by Gasteiger charge is 2.10. The van der Waals surface area contributed by atoms with E-state index < -0.39 is 0 Å². The standard InChI is InChI=1S/C10H11N5OS/c1-7(8-4-2-3-5-11-8)13-9(16)14-10-15-12-6-17-10/h2-7H,1H3,(H2,13,14,15,16)/t7-/m1/s1. The van der Waals surface area contributed by atoms with Crippen molar-refractivity contribution in [1.29, 1.82) is 0 Å². The summed E-state index contributed by atoms with van der Waals surface area (Å²) in [4.78, 5) is 15.7. The number of rotatable bonds is 3. The van der Waals surface area contributed by atoms with Crippen molar-refractivity contribution in [1.82, 2.24) is 20.5 Å². The Balaban J connectivity index is 1.91. The molecular formula is C10H11N5OS. The van der Waals surface area contributed by atoms with Gasteiger partial charge in [-0.1, -0.05) is 17.4 Å². The van der Waals surface area contributed by atoms with Crippen LogP contribution in [0.25, 0.3) is 0 Å². The SMILES string of the molecule is C[C@@H](NC(=O)Nc1nncs1)c1ccccn1. The quantitative estimate of drug-likeness (QED) is 0.869. The lowest BCUT2D eigenvalue weighted by Crippen LogP contribution is -2.31. The number of anilines is 1. The number of nitrogens with zero attached hydrogens (tertiary/aromatic N) is 3. The summed E-state index contributed by atoms with van der Waals surface area (Å²) in [7, 11) is 0. The second-order valence-electron chi connectivity index (χ2n) is 3.32. The van der Waals surface area contributed by atoms with Crippen LogP contribution in [0.1, 0.15) is 18.7 Å². The zero-order valence-corrected chi connectivity index (χ0v) is 9.94. The monoisotopic (exact) mass is 249 g/mol. The van der Waals surface area contributed by atoms with Crippen molar-refractivity contribution >= 4 is 22.5 Å². The molecular weight excluding hydrogens is 238 g/mol. The molecule has 2 amide bonds. The summed E-state index contributed by atoms with van der Waals surface area (Å²) in [6.45, 7) is 1.86. The van der Waals surface area contributed by atoms with Crippen LogP contribution in [0, 0.1) is 0 Å². The lowest BCUT2D eigenvalue weighted by atomic mass is 10.2. The number of carbonyl (C=O) groups excluding carboxylic acids is 1. The Hall–Kier alpha value is -2.02. The summed E-state index contributed by atoms with van der Waals surface area (Å²) in [6, 6.07) is 5.08. The van der Waals surface area contributed by atoms with Gasteiger partial charge >= 0.3 is 6.03 Å². The lowest BCUT2D eigenvalue weighted by molar-refractivity contribution is 0.249. The third-order valence-electron chi connectivity index (χ3n) is 2.06. The van der Waals surface area contributed by atoms with Crippen LogP contribution >= 0.6 is 11.3 Å². The molecule has 88 valence electrons. The van der Waals surface area contributed by atoms with E-state index in [1.165, 1.54) is 11.3 Å². The van der Waals surface area contributed by atoms with Crippen LogP contribution in [0.3, 0.4) is 0 Å². The Bertz CT molecular complexity index is 473. The number of hydrogen-bond donors (Lipinski definition) is 2. The van der Waals surface area contributed by atoms with Crippen LogP contribution in [0.5, 0.6) is 0 Å². The van der Waals surface area contributed by atoms with Gasteiger partial charge in [0.1, 0.15) is 5.51 Å². The van der Waals surface area contributed by atoms with Crippen LogP contribution in [0.2, 0.25) is 0 Å². The van der Waals surface area contributed by atoms with Gasteiger partial charge < -0.3 is 5.32 Å². The largest absolute Gasteiger partial charge is 0.330 e. The lowest BCUT2D eigenvalue weighted by Gasteiger charge is -2.12. The second kappa shape index (κ2) is 5.35.